The summed E-state index contributed by atoms with van der Waals surface area (Å²) in [5.41, 5.74) is 8.61. The Hall–Kier alpha value is -4.02. The second-order valence-corrected chi connectivity index (χ2v) is 10.2. The van der Waals surface area contributed by atoms with E-state index in [9.17, 15) is 19.5 Å². The lowest BCUT2D eigenvalue weighted by Crippen LogP contribution is -2.67. The van der Waals surface area contributed by atoms with Crippen molar-refractivity contribution in [2.45, 2.75) is 63.5 Å². The van der Waals surface area contributed by atoms with Crippen LogP contribution in [-0.4, -0.2) is 62.3 Å². The molecule has 3 heterocycles. The van der Waals surface area contributed by atoms with Crippen molar-refractivity contribution >= 4 is 17.8 Å². The zero-order chi connectivity index (χ0) is 27.4. The van der Waals surface area contributed by atoms with Gasteiger partial charge in [0.15, 0.2) is 12.1 Å². The highest BCUT2D eigenvalue weighted by molar-refractivity contribution is 5.89. The van der Waals surface area contributed by atoms with Crippen LogP contribution in [-0.2, 0) is 38.5 Å². The largest absolute Gasteiger partial charge is 0.508 e. The topological polar surface area (TPSA) is 145 Å². The molecule has 10 nitrogen and oxygen atoms in total. The Labute approximate surface area is 226 Å². The van der Waals surface area contributed by atoms with Crippen LogP contribution in [0.3, 0.4) is 0 Å². The number of rotatable bonds is 10. The van der Waals surface area contributed by atoms with Crippen LogP contribution in [0.25, 0.3) is 0 Å². The third kappa shape index (κ3) is 5.57. The van der Waals surface area contributed by atoms with Gasteiger partial charge in [-0.15, -0.1) is 0 Å². The summed E-state index contributed by atoms with van der Waals surface area (Å²) in [5, 5.41) is 9.46. The quantitative estimate of drug-likeness (QED) is 0.268. The van der Waals surface area contributed by atoms with Crippen molar-refractivity contribution in [2.24, 2.45) is 5.73 Å². The molecule has 0 bridgehead atoms. The third-order valence-corrected chi connectivity index (χ3v) is 7.73. The molecule has 0 radical (unpaired) electrons. The number of esters is 1. The Morgan fingerprint density at radius 3 is 2.62 bits per heavy atom. The summed E-state index contributed by atoms with van der Waals surface area (Å²) in [4.78, 5) is 46.8. The van der Waals surface area contributed by atoms with Gasteiger partial charge < -0.3 is 25.3 Å². The van der Waals surface area contributed by atoms with Crippen LogP contribution in [0, 0.1) is 0 Å². The summed E-state index contributed by atoms with van der Waals surface area (Å²) in [7, 11) is 0. The van der Waals surface area contributed by atoms with E-state index in [1.165, 1.54) is 0 Å². The number of carbonyl (C=O) groups is 3. The summed E-state index contributed by atoms with van der Waals surface area (Å²) < 4.78 is 11.2. The number of H-pyrrole nitrogens is 1. The lowest BCUT2D eigenvalue weighted by Gasteiger charge is -2.40. The number of nitrogens with two attached hydrogens (primary N) is 1. The number of imidazole rings is 1. The molecule has 0 aliphatic carbocycles. The molecule has 5 rings (SSSR count). The molecule has 204 valence electrons. The maximum Gasteiger partial charge on any atom is 0.382 e. The SMILES string of the molecule is NC(=O)[C@@H]1CCC[N+]1(C(=O)c1ncc(CCCc2ccc(O)cc2)[nH]1)C1CC(=O)OC1OCc1ccccc1. The summed E-state index contributed by atoms with van der Waals surface area (Å²) in [6.45, 7) is 0.520. The smallest absolute Gasteiger partial charge is 0.382 e. The first kappa shape index (κ1) is 26.6. The van der Waals surface area contributed by atoms with Crippen molar-refractivity contribution in [1.29, 1.82) is 0 Å². The predicted molar refractivity (Wildman–Crippen MR) is 140 cm³/mol. The number of primary amides is 1. The number of benzene rings is 2. The van der Waals surface area contributed by atoms with E-state index in [4.69, 9.17) is 15.2 Å². The molecule has 2 aromatic carbocycles. The molecule has 2 fully saturated rings. The van der Waals surface area contributed by atoms with Crippen molar-refractivity contribution in [3.63, 3.8) is 0 Å². The molecule has 10 heteroatoms. The van der Waals surface area contributed by atoms with Gasteiger partial charge >= 0.3 is 11.9 Å². The van der Waals surface area contributed by atoms with Gasteiger partial charge in [0, 0.05) is 24.7 Å². The second kappa shape index (κ2) is 11.4. The Bertz CT molecular complexity index is 1330. The number of aromatic nitrogens is 2. The highest BCUT2D eigenvalue weighted by Crippen LogP contribution is 2.39. The molecule has 4 atom stereocenters. The molecule has 2 aliphatic rings. The monoisotopic (exact) mass is 533 g/mol. The van der Waals surface area contributed by atoms with E-state index in [2.05, 4.69) is 9.97 Å². The van der Waals surface area contributed by atoms with E-state index in [1.807, 2.05) is 42.5 Å². The van der Waals surface area contributed by atoms with Crippen LogP contribution in [0.4, 0.5) is 0 Å². The van der Waals surface area contributed by atoms with Crippen LogP contribution in [0.5, 0.6) is 5.75 Å². The number of hydrogen-bond donors (Lipinski definition) is 3. The van der Waals surface area contributed by atoms with Crippen molar-refractivity contribution in [3.8, 4) is 5.75 Å². The average Bonchev–Trinajstić information content (AvgIpc) is 3.67. The minimum absolute atomic E-state index is 0.0603. The molecule has 1 aromatic heterocycles. The van der Waals surface area contributed by atoms with E-state index >= 15 is 0 Å². The number of aromatic hydroxyl groups is 1. The molecule has 3 aromatic rings. The van der Waals surface area contributed by atoms with E-state index in [0.29, 0.717) is 25.8 Å². The predicted octanol–water partition coefficient (Wildman–Crippen LogP) is 2.75. The number of cyclic esters (lactones) is 1. The molecular formula is C29H33N4O6+. The van der Waals surface area contributed by atoms with Gasteiger partial charge in [0.25, 0.3) is 12.2 Å². The fourth-order valence-corrected chi connectivity index (χ4v) is 5.83. The zero-order valence-corrected chi connectivity index (χ0v) is 21.6. The van der Waals surface area contributed by atoms with Gasteiger partial charge in [0.05, 0.1) is 13.2 Å². The maximum atomic E-state index is 14.2. The highest BCUT2D eigenvalue weighted by atomic mass is 16.7. The van der Waals surface area contributed by atoms with Crippen molar-refractivity contribution < 1.29 is 33.4 Å². The van der Waals surface area contributed by atoms with Crippen LogP contribution in [0.15, 0.2) is 60.8 Å². The number of nitrogens with one attached hydrogen (secondary N) is 1. The first-order chi connectivity index (χ1) is 18.9. The number of quaternary nitrogens is 1. The standard InChI is InChI=1S/C29H32N4O6/c30-26(36)23-10-5-15-33(23,24-16-25(35)39-29(24)38-18-20-6-2-1-3-7-20)28(37)27-31-17-21(32-27)9-4-8-19-11-13-22(34)14-12-19/h1-3,6-7,11-14,17,23-24,29H,4-5,8-10,15-16,18H2,(H3-,30,31,32,34,36,37)/p+1/t23-,24?,29?,33?/m0/s1. The fraction of sp³-hybridized carbons (Fsp3) is 0.379. The van der Waals surface area contributed by atoms with Crippen LogP contribution in [0.2, 0.25) is 0 Å². The number of phenols is 1. The number of likely N-dealkylation sites (tertiary alicyclic amines) is 1. The second-order valence-electron chi connectivity index (χ2n) is 10.2. The molecule has 39 heavy (non-hydrogen) atoms. The van der Waals surface area contributed by atoms with Crippen LogP contribution >= 0.6 is 0 Å². The first-order valence-corrected chi connectivity index (χ1v) is 13.3. The minimum atomic E-state index is -0.999. The number of nitrogens with zero attached hydrogens (tertiary/aromatic N) is 2. The molecule has 0 saturated carbocycles. The number of ether oxygens (including phenoxy) is 2. The lowest BCUT2D eigenvalue weighted by atomic mass is 10.0. The normalized spacial score (nSPS) is 24.5. The fourth-order valence-electron chi connectivity index (χ4n) is 5.83. The number of carbonyl (C=O) groups excluding carboxylic acids is 3. The van der Waals surface area contributed by atoms with Gasteiger partial charge in [0.2, 0.25) is 5.82 Å². The molecule has 0 spiro atoms. The van der Waals surface area contributed by atoms with Gasteiger partial charge in [-0.05, 0) is 42.5 Å². The number of aryl methyl sites for hydroxylation is 2. The first-order valence-electron chi connectivity index (χ1n) is 13.3. The van der Waals surface area contributed by atoms with Crippen molar-refractivity contribution in [1.82, 2.24) is 9.97 Å². The van der Waals surface area contributed by atoms with Gasteiger partial charge in [-0.2, -0.15) is 0 Å². The molecular weight excluding hydrogens is 500 g/mol. The Kier molecular flexibility index (Phi) is 7.76. The number of amides is 2. The molecule has 2 saturated heterocycles. The Balaban J connectivity index is 1.35. The molecule has 3 unspecified atom stereocenters. The number of phenolic OH excluding ortho intramolecular Hbond substituents is 1. The zero-order valence-electron chi connectivity index (χ0n) is 21.6. The van der Waals surface area contributed by atoms with E-state index < -0.39 is 36.2 Å². The Morgan fingerprint density at radius 2 is 1.87 bits per heavy atom. The third-order valence-electron chi connectivity index (χ3n) is 7.73. The number of aromatic amines is 1. The van der Waals surface area contributed by atoms with E-state index in [-0.39, 0.29) is 29.1 Å². The van der Waals surface area contributed by atoms with Crippen molar-refractivity contribution in [2.75, 3.05) is 6.54 Å². The van der Waals surface area contributed by atoms with E-state index in [0.717, 1.165) is 29.7 Å². The minimum Gasteiger partial charge on any atom is -0.508 e. The van der Waals surface area contributed by atoms with Gasteiger partial charge in [-0.3, -0.25) is 9.59 Å². The molecule has 4 N–H and O–H groups in total. The highest BCUT2D eigenvalue weighted by Gasteiger charge is 2.62. The van der Waals surface area contributed by atoms with E-state index in [1.54, 1.807) is 18.3 Å². The maximum absolute atomic E-state index is 14.2. The lowest BCUT2D eigenvalue weighted by molar-refractivity contribution is -0.882. The molecule has 2 amide bonds. The van der Waals surface area contributed by atoms with Gasteiger partial charge in [-0.25, -0.2) is 14.3 Å². The summed E-state index contributed by atoms with van der Waals surface area (Å²) in [6, 6.07) is 15.0. The average molecular weight is 534 g/mol. The Morgan fingerprint density at radius 1 is 1.10 bits per heavy atom. The van der Waals surface area contributed by atoms with Crippen LogP contribution < -0.4 is 5.73 Å². The summed E-state index contributed by atoms with van der Waals surface area (Å²) in [5.74, 6) is -1.11. The van der Waals surface area contributed by atoms with Gasteiger partial charge in [-0.1, -0.05) is 42.5 Å². The van der Waals surface area contributed by atoms with Gasteiger partial charge in [0.1, 0.15) is 12.2 Å². The summed E-state index contributed by atoms with van der Waals surface area (Å²) in [6.07, 6.45) is 3.87. The number of hydrogen-bond acceptors (Lipinski definition) is 7. The summed E-state index contributed by atoms with van der Waals surface area (Å²) >= 11 is 0. The van der Waals surface area contributed by atoms with Crippen LogP contribution in [0.1, 0.15) is 53.1 Å². The molecule has 2 aliphatic heterocycles. The van der Waals surface area contributed by atoms with Crippen molar-refractivity contribution in [3.05, 3.63) is 83.4 Å².